The lowest BCUT2D eigenvalue weighted by atomic mass is 10.4. The smallest absolute Gasteiger partial charge is 0.291 e. The van der Waals surface area contributed by atoms with E-state index in [4.69, 9.17) is 0 Å². The highest BCUT2D eigenvalue weighted by molar-refractivity contribution is 6.02. The van der Waals surface area contributed by atoms with E-state index in [9.17, 15) is 9.59 Å². The molecule has 2 N–H and O–H groups in total. The molecule has 0 radical (unpaired) electrons. The van der Waals surface area contributed by atoms with Crippen LogP contribution in [0.4, 0.5) is 11.5 Å². The van der Waals surface area contributed by atoms with Gasteiger partial charge in [-0.15, -0.1) is 0 Å². The zero-order chi connectivity index (χ0) is 14.0. The molecule has 2 rings (SSSR count). The van der Waals surface area contributed by atoms with E-state index >= 15 is 0 Å². The van der Waals surface area contributed by atoms with Gasteiger partial charge in [0, 0.05) is 33.5 Å². The van der Waals surface area contributed by atoms with Crippen molar-refractivity contribution in [1.29, 1.82) is 0 Å². The Morgan fingerprint density at radius 1 is 1.32 bits per heavy atom. The molecule has 0 atom stereocenters. The van der Waals surface area contributed by atoms with Crippen LogP contribution in [-0.2, 0) is 14.1 Å². The number of anilines is 2. The molecule has 19 heavy (non-hydrogen) atoms. The number of carbonyl (C=O) groups is 2. The van der Waals surface area contributed by atoms with Crippen molar-refractivity contribution in [3.63, 3.8) is 0 Å². The van der Waals surface area contributed by atoms with Crippen molar-refractivity contribution in [3.05, 3.63) is 30.0 Å². The van der Waals surface area contributed by atoms with Gasteiger partial charge in [0.25, 0.3) is 5.91 Å². The van der Waals surface area contributed by atoms with Crippen molar-refractivity contribution in [2.24, 2.45) is 14.1 Å². The maximum Gasteiger partial charge on any atom is 0.291 e. The van der Waals surface area contributed by atoms with E-state index in [1.165, 1.54) is 0 Å². The number of nitrogens with zero attached hydrogens (tertiary/aromatic N) is 3. The van der Waals surface area contributed by atoms with Crippen LogP contribution < -0.4 is 10.6 Å². The molecule has 0 aliphatic heterocycles. The van der Waals surface area contributed by atoms with E-state index < -0.39 is 0 Å². The summed E-state index contributed by atoms with van der Waals surface area (Å²) >= 11 is 0. The minimum absolute atomic E-state index is 0.292. The molecule has 2 aromatic rings. The Balaban J connectivity index is 2.20. The fraction of sp³-hybridized carbons (Fsp3) is 0.250. The summed E-state index contributed by atoms with van der Waals surface area (Å²) in [7, 11) is 5.21. The van der Waals surface area contributed by atoms with Crippen LogP contribution in [-0.4, -0.2) is 33.4 Å². The maximum atomic E-state index is 12.1. The molecular formula is C12H15N5O2. The number of hydrogen-bond acceptors (Lipinski definition) is 4. The normalized spacial score (nSPS) is 10.3. The van der Waals surface area contributed by atoms with Crippen molar-refractivity contribution in [1.82, 2.24) is 14.1 Å². The molecule has 2 aromatic heterocycles. The fourth-order valence-electron chi connectivity index (χ4n) is 1.75. The van der Waals surface area contributed by atoms with E-state index in [0.717, 1.165) is 6.29 Å². The van der Waals surface area contributed by atoms with Gasteiger partial charge in [0.2, 0.25) is 5.82 Å². The van der Waals surface area contributed by atoms with Gasteiger partial charge in [-0.1, -0.05) is 0 Å². The standard InChI is InChI=1S/C12H15N5O2/c1-13-10-6-17(3)11(15-10)12(19)14-8-4-9(7-18)16(2)5-8/h4-7,13H,1-3H3,(H,14,19). The molecule has 0 bridgehead atoms. The van der Waals surface area contributed by atoms with Crippen molar-refractivity contribution < 1.29 is 9.59 Å². The van der Waals surface area contributed by atoms with E-state index in [2.05, 4.69) is 15.6 Å². The average molecular weight is 261 g/mol. The third-order valence-electron chi connectivity index (χ3n) is 2.76. The lowest BCUT2D eigenvalue weighted by Gasteiger charge is -2.01. The summed E-state index contributed by atoms with van der Waals surface area (Å²) in [6.45, 7) is 0. The van der Waals surface area contributed by atoms with Gasteiger partial charge in [0.05, 0.1) is 11.4 Å². The predicted molar refractivity (Wildman–Crippen MR) is 71.5 cm³/mol. The molecule has 0 aliphatic carbocycles. The highest BCUT2D eigenvalue weighted by Gasteiger charge is 2.14. The number of rotatable bonds is 4. The second-order valence-corrected chi connectivity index (χ2v) is 4.15. The van der Waals surface area contributed by atoms with Gasteiger partial charge in [-0.2, -0.15) is 0 Å². The molecule has 0 aromatic carbocycles. The predicted octanol–water partition coefficient (Wildman–Crippen LogP) is 0.865. The molecule has 1 amide bonds. The average Bonchev–Trinajstić information content (AvgIpc) is 2.92. The summed E-state index contributed by atoms with van der Waals surface area (Å²) in [5, 5.41) is 5.57. The Hall–Kier alpha value is -2.57. The first-order valence-corrected chi connectivity index (χ1v) is 5.69. The molecule has 0 saturated heterocycles. The number of amides is 1. The number of carbonyl (C=O) groups excluding carboxylic acids is 2. The van der Waals surface area contributed by atoms with Gasteiger partial charge < -0.3 is 19.8 Å². The summed E-state index contributed by atoms with van der Waals surface area (Å²) in [6.07, 6.45) is 4.12. The van der Waals surface area contributed by atoms with Gasteiger partial charge in [-0.05, 0) is 6.07 Å². The van der Waals surface area contributed by atoms with Gasteiger partial charge in [0.1, 0.15) is 5.82 Å². The molecule has 7 heteroatoms. The first kappa shape index (κ1) is 12.9. The van der Waals surface area contributed by atoms with Crippen LogP contribution in [0.3, 0.4) is 0 Å². The summed E-state index contributed by atoms with van der Waals surface area (Å²) in [5.74, 6) is 0.585. The van der Waals surface area contributed by atoms with E-state index in [1.54, 1.807) is 48.7 Å². The van der Waals surface area contributed by atoms with Gasteiger partial charge in [-0.25, -0.2) is 4.98 Å². The monoisotopic (exact) mass is 261 g/mol. The van der Waals surface area contributed by atoms with Crippen LogP contribution in [0.1, 0.15) is 21.1 Å². The van der Waals surface area contributed by atoms with Crippen molar-refractivity contribution >= 4 is 23.7 Å². The topological polar surface area (TPSA) is 81.0 Å². The Morgan fingerprint density at radius 2 is 2.05 bits per heavy atom. The number of aryl methyl sites for hydroxylation is 2. The molecule has 2 heterocycles. The van der Waals surface area contributed by atoms with E-state index in [1.807, 2.05) is 0 Å². The number of imidazole rings is 1. The van der Waals surface area contributed by atoms with Crippen LogP contribution in [0.15, 0.2) is 18.5 Å². The lowest BCUT2D eigenvalue weighted by molar-refractivity contribution is 0.101. The van der Waals surface area contributed by atoms with Gasteiger partial charge in [0.15, 0.2) is 6.29 Å². The summed E-state index contributed by atoms with van der Waals surface area (Å²) < 4.78 is 3.27. The SMILES string of the molecule is CNc1cn(C)c(C(=O)Nc2cc(C=O)n(C)c2)n1. The molecule has 0 saturated carbocycles. The first-order valence-electron chi connectivity index (χ1n) is 5.69. The van der Waals surface area contributed by atoms with Gasteiger partial charge >= 0.3 is 0 Å². The van der Waals surface area contributed by atoms with Crippen LogP contribution in [0.5, 0.6) is 0 Å². The Kier molecular flexibility index (Phi) is 3.37. The second kappa shape index (κ2) is 4.97. The van der Waals surface area contributed by atoms with Crippen LogP contribution in [0, 0.1) is 0 Å². The Bertz CT molecular complexity index is 626. The summed E-state index contributed by atoms with van der Waals surface area (Å²) in [5.41, 5.74) is 1.05. The lowest BCUT2D eigenvalue weighted by Crippen LogP contribution is -2.16. The zero-order valence-corrected chi connectivity index (χ0v) is 11.0. The van der Waals surface area contributed by atoms with Crippen molar-refractivity contribution in [2.75, 3.05) is 17.7 Å². The number of hydrogen-bond donors (Lipinski definition) is 2. The van der Waals surface area contributed by atoms with Crippen LogP contribution in [0.2, 0.25) is 0 Å². The fourth-order valence-corrected chi connectivity index (χ4v) is 1.75. The zero-order valence-electron chi connectivity index (χ0n) is 11.0. The molecule has 0 spiro atoms. The minimum Gasteiger partial charge on any atom is -0.372 e. The highest BCUT2D eigenvalue weighted by atomic mass is 16.2. The number of nitrogens with one attached hydrogen (secondary N) is 2. The van der Waals surface area contributed by atoms with Gasteiger partial charge in [-0.3, -0.25) is 9.59 Å². The largest absolute Gasteiger partial charge is 0.372 e. The quantitative estimate of drug-likeness (QED) is 0.800. The molecule has 100 valence electrons. The summed E-state index contributed by atoms with van der Waals surface area (Å²) in [6, 6.07) is 1.60. The maximum absolute atomic E-state index is 12.1. The van der Waals surface area contributed by atoms with E-state index in [-0.39, 0.29) is 5.91 Å². The third kappa shape index (κ3) is 2.49. The molecular weight excluding hydrogens is 246 g/mol. The number of aromatic nitrogens is 3. The van der Waals surface area contributed by atoms with Crippen molar-refractivity contribution in [3.8, 4) is 0 Å². The highest BCUT2D eigenvalue weighted by Crippen LogP contribution is 2.13. The summed E-state index contributed by atoms with van der Waals surface area (Å²) in [4.78, 5) is 26.9. The van der Waals surface area contributed by atoms with Crippen LogP contribution in [0.25, 0.3) is 0 Å². The second-order valence-electron chi connectivity index (χ2n) is 4.15. The van der Waals surface area contributed by atoms with Crippen LogP contribution >= 0.6 is 0 Å². The van der Waals surface area contributed by atoms with E-state index in [0.29, 0.717) is 23.0 Å². The first-order chi connectivity index (χ1) is 9.05. The third-order valence-corrected chi connectivity index (χ3v) is 2.76. The number of aldehydes is 1. The Labute approximate surface area is 110 Å². The van der Waals surface area contributed by atoms with Crippen molar-refractivity contribution in [2.45, 2.75) is 0 Å². The molecule has 0 aliphatic rings. The Morgan fingerprint density at radius 3 is 2.58 bits per heavy atom. The molecule has 0 unspecified atom stereocenters. The molecule has 0 fully saturated rings. The molecule has 7 nitrogen and oxygen atoms in total. The minimum atomic E-state index is -0.327.